The number of carbonyl (C=O) groups excluding carboxylic acids is 2. The Morgan fingerprint density at radius 3 is 2.33 bits per heavy atom. The quantitative estimate of drug-likeness (QED) is 0.327. The number of carbonyl (C=O) groups is 2. The van der Waals surface area contributed by atoms with E-state index >= 15 is 0 Å². The summed E-state index contributed by atoms with van der Waals surface area (Å²) in [5.74, 6) is -1.32. The average Bonchev–Trinajstić information content (AvgIpc) is 2.64. The molecule has 0 aromatic rings. The van der Waals surface area contributed by atoms with Gasteiger partial charge in [0.15, 0.2) is 5.78 Å². The van der Waals surface area contributed by atoms with Crippen LogP contribution in [0, 0.1) is 5.92 Å². The van der Waals surface area contributed by atoms with Gasteiger partial charge in [0.2, 0.25) is 0 Å². The number of hydrogen-bond donors (Lipinski definition) is 2. The molecule has 0 aliphatic carbocycles. The molecular formula is C16H27NO4. The van der Waals surface area contributed by atoms with Gasteiger partial charge in [0.25, 0.3) is 5.91 Å². The molecule has 0 spiro atoms. The fourth-order valence-corrected chi connectivity index (χ4v) is 2.77. The number of likely N-dealkylation sites (N-methyl/N-ethyl adjacent to an activating group) is 1. The molecule has 1 heterocycles. The predicted molar refractivity (Wildman–Crippen MR) is 80.8 cm³/mol. The Morgan fingerprint density at radius 2 is 1.86 bits per heavy atom. The highest BCUT2D eigenvalue weighted by molar-refractivity contribution is 6.26. The number of amides is 1. The molecule has 0 saturated carbocycles. The maximum absolute atomic E-state index is 12.2. The standard InChI is InChI=1S/C16H27NO4/c1-5-6-7-8-9-10(2)14(19)12-15(20)13(11(3)18)17(4)16(12)21/h10-11,13,18-19H,5-9H2,1-4H3/b14-12-/t10-,11+,13+/m1/s1. The molecule has 0 bridgehead atoms. The van der Waals surface area contributed by atoms with Crippen molar-refractivity contribution >= 4 is 11.7 Å². The van der Waals surface area contributed by atoms with Gasteiger partial charge in [0, 0.05) is 13.0 Å². The second-order valence-corrected chi connectivity index (χ2v) is 5.98. The molecule has 1 aliphatic heterocycles. The topological polar surface area (TPSA) is 77.8 Å². The number of likely N-dealkylation sites (tertiary alicyclic amines) is 1. The first-order valence-corrected chi connectivity index (χ1v) is 7.75. The summed E-state index contributed by atoms with van der Waals surface area (Å²) >= 11 is 0. The number of rotatable bonds is 7. The fraction of sp³-hybridized carbons (Fsp3) is 0.750. The molecule has 1 fully saturated rings. The summed E-state index contributed by atoms with van der Waals surface area (Å²) in [7, 11) is 1.48. The van der Waals surface area contributed by atoms with Crippen LogP contribution in [0.15, 0.2) is 11.3 Å². The molecule has 120 valence electrons. The number of allylic oxidation sites excluding steroid dienone is 1. The molecule has 5 nitrogen and oxygen atoms in total. The van der Waals surface area contributed by atoms with E-state index in [1.54, 1.807) is 0 Å². The van der Waals surface area contributed by atoms with E-state index in [4.69, 9.17) is 0 Å². The van der Waals surface area contributed by atoms with Crippen molar-refractivity contribution in [3.8, 4) is 0 Å². The Labute approximate surface area is 126 Å². The number of unbranched alkanes of at least 4 members (excludes halogenated alkanes) is 3. The second-order valence-electron chi connectivity index (χ2n) is 5.98. The van der Waals surface area contributed by atoms with Crippen molar-refractivity contribution in [3.05, 3.63) is 11.3 Å². The lowest BCUT2D eigenvalue weighted by atomic mass is 9.95. The van der Waals surface area contributed by atoms with E-state index < -0.39 is 23.8 Å². The number of ketones is 1. The summed E-state index contributed by atoms with van der Waals surface area (Å²) in [5, 5.41) is 19.9. The minimum absolute atomic E-state index is 0.128. The van der Waals surface area contributed by atoms with Crippen LogP contribution < -0.4 is 0 Å². The van der Waals surface area contributed by atoms with Crippen LogP contribution in [-0.4, -0.2) is 46.0 Å². The monoisotopic (exact) mass is 297 g/mol. The van der Waals surface area contributed by atoms with Gasteiger partial charge < -0.3 is 15.1 Å². The van der Waals surface area contributed by atoms with Crippen molar-refractivity contribution in [2.45, 2.75) is 65.0 Å². The van der Waals surface area contributed by atoms with E-state index in [1.165, 1.54) is 18.9 Å². The third-order valence-corrected chi connectivity index (χ3v) is 4.14. The van der Waals surface area contributed by atoms with Crippen LogP contribution in [0.5, 0.6) is 0 Å². The van der Waals surface area contributed by atoms with Crippen LogP contribution in [-0.2, 0) is 9.59 Å². The first-order chi connectivity index (χ1) is 9.82. The molecule has 0 aromatic carbocycles. The highest BCUT2D eigenvalue weighted by atomic mass is 16.3. The van der Waals surface area contributed by atoms with Crippen molar-refractivity contribution in [3.63, 3.8) is 0 Å². The van der Waals surface area contributed by atoms with Gasteiger partial charge in [0.05, 0.1) is 6.10 Å². The van der Waals surface area contributed by atoms with Gasteiger partial charge >= 0.3 is 0 Å². The molecule has 3 atom stereocenters. The molecule has 1 aliphatic rings. The number of aliphatic hydroxyl groups excluding tert-OH is 2. The summed E-state index contributed by atoms with van der Waals surface area (Å²) in [6.07, 6.45) is 4.13. The van der Waals surface area contributed by atoms with Crippen molar-refractivity contribution in [1.82, 2.24) is 4.90 Å². The number of nitrogens with zero attached hydrogens (tertiary/aromatic N) is 1. The summed E-state index contributed by atoms with van der Waals surface area (Å²) < 4.78 is 0. The lowest BCUT2D eigenvalue weighted by Crippen LogP contribution is -2.40. The van der Waals surface area contributed by atoms with Crippen LogP contribution in [0.1, 0.15) is 52.9 Å². The Bertz CT molecular complexity index is 428. The van der Waals surface area contributed by atoms with Gasteiger partial charge in [-0.2, -0.15) is 0 Å². The number of Topliss-reactive ketones (excluding diaryl/α,β-unsaturated/α-hetero) is 1. The molecule has 0 unspecified atom stereocenters. The zero-order valence-electron chi connectivity index (χ0n) is 13.4. The van der Waals surface area contributed by atoms with E-state index in [-0.39, 0.29) is 17.3 Å². The van der Waals surface area contributed by atoms with Crippen LogP contribution in [0.2, 0.25) is 0 Å². The Balaban J connectivity index is 2.85. The summed E-state index contributed by atoms with van der Waals surface area (Å²) in [6.45, 7) is 5.43. The van der Waals surface area contributed by atoms with E-state index in [2.05, 4.69) is 6.92 Å². The first kappa shape index (κ1) is 17.7. The van der Waals surface area contributed by atoms with E-state index in [9.17, 15) is 19.8 Å². The third-order valence-electron chi connectivity index (χ3n) is 4.14. The van der Waals surface area contributed by atoms with Crippen molar-refractivity contribution in [1.29, 1.82) is 0 Å². The minimum Gasteiger partial charge on any atom is -0.511 e. The van der Waals surface area contributed by atoms with Crippen LogP contribution >= 0.6 is 0 Å². The molecular weight excluding hydrogens is 270 g/mol. The SMILES string of the molecule is CCCCCC[C@@H](C)/C(O)=C1\C(=O)[C@H]([C@H](C)O)N(C)C1=O. The molecule has 21 heavy (non-hydrogen) atoms. The van der Waals surface area contributed by atoms with Gasteiger partial charge in [-0.15, -0.1) is 0 Å². The zero-order valence-corrected chi connectivity index (χ0v) is 13.4. The predicted octanol–water partition coefficient (Wildman–Crippen LogP) is 2.20. The molecule has 0 aromatic heterocycles. The molecule has 2 N–H and O–H groups in total. The van der Waals surface area contributed by atoms with Gasteiger partial charge in [-0.3, -0.25) is 9.59 Å². The first-order valence-electron chi connectivity index (χ1n) is 7.75. The van der Waals surface area contributed by atoms with Gasteiger partial charge in [-0.05, 0) is 13.3 Å². The Morgan fingerprint density at radius 1 is 1.24 bits per heavy atom. The van der Waals surface area contributed by atoms with Crippen LogP contribution in [0.4, 0.5) is 0 Å². The van der Waals surface area contributed by atoms with Gasteiger partial charge in [-0.1, -0.05) is 39.5 Å². The second kappa shape index (κ2) is 7.59. The summed E-state index contributed by atoms with van der Waals surface area (Å²) in [6, 6.07) is -0.887. The zero-order chi connectivity index (χ0) is 16.2. The summed E-state index contributed by atoms with van der Waals surface area (Å²) in [4.78, 5) is 25.6. The molecule has 0 radical (unpaired) electrons. The van der Waals surface area contributed by atoms with Gasteiger partial charge in [0.1, 0.15) is 17.4 Å². The molecule has 1 saturated heterocycles. The number of hydrogen-bond acceptors (Lipinski definition) is 4. The lowest BCUT2D eigenvalue weighted by molar-refractivity contribution is -0.128. The normalized spacial score (nSPS) is 24.4. The Hall–Kier alpha value is -1.36. The molecule has 1 rings (SSSR count). The molecule has 1 amide bonds. The van der Waals surface area contributed by atoms with E-state index in [0.717, 1.165) is 32.1 Å². The average molecular weight is 297 g/mol. The van der Waals surface area contributed by atoms with Crippen molar-refractivity contribution in [2.24, 2.45) is 5.92 Å². The lowest BCUT2D eigenvalue weighted by Gasteiger charge is -2.19. The maximum atomic E-state index is 12.2. The number of aliphatic hydroxyl groups is 2. The van der Waals surface area contributed by atoms with Gasteiger partial charge in [-0.25, -0.2) is 0 Å². The van der Waals surface area contributed by atoms with Crippen LogP contribution in [0.3, 0.4) is 0 Å². The highest BCUT2D eigenvalue weighted by Gasteiger charge is 2.45. The fourth-order valence-electron chi connectivity index (χ4n) is 2.77. The third kappa shape index (κ3) is 3.84. The van der Waals surface area contributed by atoms with E-state index in [1.807, 2.05) is 6.92 Å². The largest absolute Gasteiger partial charge is 0.511 e. The molecule has 5 heteroatoms. The van der Waals surface area contributed by atoms with Crippen LogP contribution in [0.25, 0.3) is 0 Å². The summed E-state index contributed by atoms with van der Waals surface area (Å²) in [5.41, 5.74) is -0.147. The Kier molecular flexibility index (Phi) is 6.40. The highest BCUT2D eigenvalue weighted by Crippen LogP contribution is 2.28. The van der Waals surface area contributed by atoms with Crippen molar-refractivity contribution < 1.29 is 19.8 Å². The minimum atomic E-state index is -0.948. The van der Waals surface area contributed by atoms with E-state index in [0.29, 0.717) is 0 Å². The smallest absolute Gasteiger partial charge is 0.261 e. The maximum Gasteiger partial charge on any atom is 0.261 e. The van der Waals surface area contributed by atoms with Crippen molar-refractivity contribution in [2.75, 3.05) is 7.05 Å².